The summed E-state index contributed by atoms with van der Waals surface area (Å²) in [6.45, 7) is 4.74. The highest BCUT2D eigenvalue weighted by molar-refractivity contribution is 6.02. The second-order valence-electron chi connectivity index (χ2n) is 16.0. The van der Waals surface area contributed by atoms with E-state index >= 15 is 0 Å². The van der Waals surface area contributed by atoms with Gasteiger partial charge in [-0.25, -0.2) is 0 Å². The monoisotopic (exact) mass is 727 g/mol. The third kappa shape index (κ3) is 4.89. The number of fused-ring (bicyclic) bond motifs is 7. The van der Waals surface area contributed by atoms with E-state index in [1.807, 2.05) is 0 Å². The van der Waals surface area contributed by atoms with Crippen LogP contribution >= 0.6 is 0 Å². The van der Waals surface area contributed by atoms with Crippen LogP contribution in [0.3, 0.4) is 0 Å². The molecule has 11 rings (SSSR count). The van der Waals surface area contributed by atoms with Gasteiger partial charge in [0.1, 0.15) is 0 Å². The predicted molar refractivity (Wildman–Crippen MR) is 239 cm³/mol. The lowest BCUT2D eigenvalue weighted by Crippen LogP contribution is -2.28. The maximum absolute atomic E-state index is 2.51. The predicted octanol–water partition coefficient (Wildman–Crippen LogP) is 14.6. The molecule has 57 heavy (non-hydrogen) atoms. The molecule has 9 aromatic carbocycles. The lowest BCUT2D eigenvalue weighted by Gasteiger charge is -2.35. The van der Waals surface area contributed by atoms with Crippen molar-refractivity contribution < 1.29 is 0 Å². The van der Waals surface area contributed by atoms with Crippen LogP contribution in [0.2, 0.25) is 0 Å². The topological polar surface area (TPSA) is 3.24 Å². The maximum atomic E-state index is 2.51. The highest BCUT2D eigenvalue weighted by Crippen LogP contribution is 2.58. The number of hydrogen-bond donors (Lipinski definition) is 0. The third-order valence-corrected chi connectivity index (χ3v) is 12.8. The molecule has 0 spiro atoms. The zero-order valence-electron chi connectivity index (χ0n) is 32.2. The summed E-state index contributed by atoms with van der Waals surface area (Å²) in [7, 11) is 0. The Morgan fingerprint density at radius 2 is 0.807 bits per heavy atom. The first kappa shape index (κ1) is 33.4. The lowest BCUT2D eigenvalue weighted by atomic mass is 9.67. The van der Waals surface area contributed by atoms with Crippen molar-refractivity contribution in [3.05, 3.63) is 246 Å². The van der Waals surface area contributed by atoms with E-state index < -0.39 is 5.41 Å². The van der Waals surface area contributed by atoms with Gasteiger partial charge in [-0.3, -0.25) is 0 Å². The Morgan fingerprint density at radius 1 is 0.333 bits per heavy atom. The molecule has 2 aliphatic rings. The highest BCUT2D eigenvalue weighted by atomic mass is 15.1. The Labute approximate surface area is 335 Å². The van der Waals surface area contributed by atoms with Gasteiger partial charge in [-0.05, 0) is 102 Å². The fourth-order valence-electron chi connectivity index (χ4n) is 10.2. The third-order valence-electron chi connectivity index (χ3n) is 12.8. The molecule has 1 heteroatoms. The van der Waals surface area contributed by atoms with Crippen molar-refractivity contribution in [1.82, 2.24) is 0 Å². The summed E-state index contributed by atoms with van der Waals surface area (Å²) >= 11 is 0. The number of benzene rings is 9. The Bertz CT molecular complexity index is 2950. The van der Waals surface area contributed by atoms with E-state index in [0.29, 0.717) is 0 Å². The summed E-state index contributed by atoms with van der Waals surface area (Å²) < 4.78 is 0. The fourth-order valence-corrected chi connectivity index (χ4v) is 10.2. The van der Waals surface area contributed by atoms with Crippen LogP contribution in [0.4, 0.5) is 17.1 Å². The average Bonchev–Trinajstić information content (AvgIpc) is 3.69. The number of para-hydroxylation sites is 1. The quantitative estimate of drug-likeness (QED) is 0.165. The van der Waals surface area contributed by atoms with Gasteiger partial charge in [-0.2, -0.15) is 0 Å². The molecule has 0 aliphatic heterocycles. The zero-order chi connectivity index (χ0) is 38.1. The normalized spacial score (nSPS) is 14.1. The molecule has 0 N–H and O–H groups in total. The van der Waals surface area contributed by atoms with E-state index in [1.54, 1.807) is 0 Å². The summed E-state index contributed by atoms with van der Waals surface area (Å²) in [5.74, 6) is 0. The van der Waals surface area contributed by atoms with E-state index in [0.717, 1.165) is 17.1 Å². The smallest absolute Gasteiger partial charge is 0.0714 e. The fraction of sp³-hybridized carbons (Fsp3) is 0.0714. The molecule has 0 atom stereocenters. The molecule has 0 bridgehead atoms. The molecule has 270 valence electrons. The van der Waals surface area contributed by atoms with Crippen LogP contribution in [0.15, 0.2) is 212 Å². The molecular weight excluding hydrogens is 687 g/mol. The van der Waals surface area contributed by atoms with Crippen LogP contribution in [-0.4, -0.2) is 0 Å². The summed E-state index contributed by atoms with van der Waals surface area (Å²) in [5, 5.41) is 2.48. The van der Waals surface area contributed by atoms with Gasteiger partial charge < -0.3 is 4.90 Å². The van der Waals surface area contributed by atoms with Crippen molar-refractivity contribution in [1.29, 1.82) is 0 Å². The van der Waals surface area contributed by atoms with Gasteiger partial charge in [0.15, 0.2) is 0 Å². The molecule has 0 fully saturated rings. The Morgan fingerprint density at radius 3 is 1.51 bits per heavy atom. The van der Waals surface area contributed by atoms with Crippen LogP contribution in [-0.2, 0) is 10.8 Å². The molecule has 0 saturated heterocycles. The van der Waals surface area contributed by atoms with E-state index in [1.165, 1.54) is 77.5 Å². The van der Waals surface area contributed by atoms with Crippen molar-refractivity contribution in [3.8, 4) is 33.4 Å². The molecule has 9 aromatic rings. The van der Waals surface area contributed by atoms with Gasteiger partial charge in [0, 0.05) is 22.4 Å². The minimum Gasteiger partial charge on any atom is -0.310 e. The Kier molecular flexibility index (Phi) is 7.50. The van der Waals surface area contributed by atoms with Gasteiger partial charge in [0.05, 0.1) is 11.1 Å². The first-order valence-corrected chi connectivity index (χ1v) is 20.0. The molecule has 0 unspecified atom stereocenters. The zero-order valence-corrected chi connectivity index (χ0v) is 32.2. The van der Waals surface area contributed by atoms with Crippen molar-refractivity contribution in [2.45, 2.75) is 24.7 Å². The first-order valence-electron chi connectivity index (χ1n) is 20.0. The summed E-state index contributed by atoms with van der Waals surface area (Å²) in [5.41, 5.74) is 18.2. The second kappa shape index (κ2) is 12.8. The molecule has 0 radical (unpaired) electrons. The van der Waals surface area contributed by atoms with Gasteiger partial charge in [-0.15, -0.1) is 0 Å². The van der Waals surface area contributed by atoms with Crippen molar-refractivity contribution >= 4 is 27.8 Å². The minimum atomic E-state index is -0.507. The standard InChI is InChI=1S/C56H41N/c1-55(2)50-29-14-11-25-45(50)47-34-32-41(36-52(47)55)57(54-31-16-13-27-49(54)44-28-17-19-38-18-9-10-24-43(38)44)42-33-35-48-46-26-12-15-30-51(46)56(53(48)37-42,39-20-5-3-6-21-39)40-22-7-4-8-23-40/h3-37H,1-2H3. The van der Waals surface area contributed by atoms with E-state index in [4.69, 9.17) is 0 Å². The molecule has 2 aliphatic carbocycles. The first-order chi connectivity index (χ1) is 28.0. The van der Waals surface area contributed by atoms with Crippen molar-refractivity contribution in [2.75, 3.05) is 4.90 Å². The summed E-state index contributed by atoms with van der Waals surface area (Å²) in [4.78, 5) is 2.51. The van der Waals surface area contributed by atoms with E-state index in [2.05, 4.69) is 231 Å². The van der Waals surface area contributed by atoms with Crippen LogP contribution in [0.1, 0.15) is 47.2 Å². The largest absolute Gasteiger partial charge is 0.310 e. The van der Waals surface area contributed by atoms with Crippen molar-refractivity contribution in [2.24, 2.45) is 0 Å². The minimum absolute atomic E-state index is 0.141. The van der Waals surface area contributed by atoms with Crippen LogP contribution < -0.4 is 4.90 Å². The van der Waals surface area contributed by atoms with Gasteiger partial charge >= 0.3 is 0 Å². The van der Waals surface area contributed by atoms with E-state index in [9.17, 15) is 0 Å². The second-order valence-corrected chi connectivity index (χ2v) is 16.0. The molecule has 1 nitrogen and oxygen atoms in total. The van der Waals surface area contributed by atoms with Gasteiger partial charge in [-0.1, -0.05) is 196 Å². The molecule has 0 aromatic heterocycles. The van der Waals surface area contributed by atoms with Crippen molar-refractivity contribution in [3.63, 3.8) is 0 Å². The van der Waals surface area contributed by atoms with Crippen LogP contribution in [0.5, 0.6) is 0 Å². The Hall–Kier alpha value is -6.96. The summed E-state index contributed by atoms with van der Waals surface area (Å²) in [6.07, 6.45) is 0. The molecule has 0 saturated carbocycles. The lowest BCUT2D eigenvalue weighted by molar-refractivity contribution is 0.660. The molecular formula is C56H41N. The number of nitrogens with zero attached hydrogens (tertiary/aromatic N) is 1. The van der Waals surface area contributed by atoms with Gasteiger partial charge in [0.2, 0.25) is 0 Å². The SMILES string of the molecule is CC1(C)c2ccccc2-c2ccc(N(c3ccc4c(c3)C(c3ccccc3)(c3ccccc3)c3ccccc3-4)c3ccccc3-c3cccc4ccccc34)cc21. The average molecular weight is 728 g/mol. The molecule has 0 heterocycles. The number of hydrogen-bond acceptors (Lipinski definition) is 1. The van der Waals surface area contributed by atoms with Crippen LogP contribution in [0.25, 0.3) is 44.2 Å². The van der Waals surface area contributed by atoms with E-state index in [-0.39, 0.29) is 5.41 Å². The summed E-state index contributed by atoms with van der Waals surface area (Å²) in [6, 6.07) is 78.9. The van der Waals surface area contributed by atoms with Crippen LogP contribution in [0, 0.1) is 0 Å². The molecule has 0 amide bonds. The number of rotatable bonds is 6. The number of anilines is 3. The maximum Gasteiger partial charge on any atom is 0.0714 e. The Balaban J connectivity index is 1.21. The highest BCUT2D eigenvalue weighted by Gasteiger charge is 2.46. The van der Waals surface area contributed by atoms with Gasteiger partial charge in [0.25, 0.3) is 0 Å².